The smallest absolute Gasteiger partial charge is 0.257 e. The van der Waals surface area contributed by atoms with E-state index in [4.69, 9.17) is 0 Å². The van der Waals surface area contributed by atoms with Crippen LogP contribution in [0.15, 0.2) is 43.1 Å². The molecule has 3 aromatic rings. The Morgan fingerprint density at radius 2 is 2.11 bits per heavy atom. The van der Waals surface area contributed by atoms with E-state index < -0.39 is 0 Å². The van der Waals surface area contributed by atoms with Crippen LogP contribution < -0.4 is 0 Å². The first-order valence-electron chi connectivity index (χ1n) is 9.97. The molecule has 1 N–H and O–H groups in total. The van der Waals surface area contributed by atoms with Crippen LogP contribution in [0.5, 0.6) is 0 Å². The summed E-state index contributed by atoms with van der Waals surface area (Å²) in [5.41, 5.74) is 2.83. The minimum Gasteiger partial charge on any atom is -0.338 e. The van der Waals surface area contributed by atoms with Crippen molar-refractivity contribution in [2.45, 2.75) is 45.1 Å². The van der Waals surface area contributed by atoms with Gasteiger partial charge in [-0.2, -0.15) is 5.10 Å². The zero-order valence-corrected chi connectivity index (χ0v) is 16.2. The second-order valence-electron chi connectivity index (χ2n) is 7.35. The summed E-state index contributed by atoms with van der Waals surface area (Å²) in [6, 6.07) is 4.04. The van der Waals surface area contributed by atoms with E-state index in [1.54, 1.807) is 12.4 Å². The fourth-order valence-corrected chi connectivity index (χ4v) is 3.95. The fraction of sp³-hybridized carbons (Fsp3) is 0.429. The summed E-state index contributed by atoms with van der Waals surface area (Å²) >= 11 is 0. The highest BCUT2D eigenvalue weighted by Gasteiger charge is 2.28. The zero-order valence-electron chi connectivity index (χ0n) is 16.2. The lowest BCUT2D eigenvalue weighted by Crippen LogP contribution is -2.38. The minimum absolute atomic E-state index is 0.0920. The highest BCUT2D eigenvalue weighted by atomic mass is 16.2. The van der Waals surface area contributed by atoms with Crippen LogP contribution in [0, 0.1) is 0 Å². The lowest BCUT2D eigenvalue weighted by molar-refractivity contribution is 0.0709. The van der Waals surface area contributed by atoms with Gasteiger partial charge in [-0.1, -0.05) is 19.4 Å². The molecule has 1 fully saturated rings. The lowest BCUT2D eigenvalue weighted by Gasteiger charge is -2.32. The molecule has 1 aliphatic heterocycles. The van der Waals surface area contributed by atoms with Crippen molar-refractivity contribution in [1.82, 2.24) is 29.6 Å². The number of pyridine rings is 1. The maximum absolute atomic E-state index is 12.9. The maximum atomic E-state index is 12.9. The van der Waals surface area contributed by atoms with Crippen LogP contribution in [-0.4, -0.2) is 48.6 Å². The molecule has 0 unspecified atom stereocenters. The first-order chi connectivity index (χ1) is 13.8. The van der Waals surface area contributed by atoms with Gasteiger partial charge in [0.05, 0.1) is 18.3 Å². The zero-order chi connectivity index (χ0) is 19.3. The number of carbonyl (C=O) groups is 1. The molecule has 0 spiro atoms. The Morgan fingerprint density at radius 1 is 1.25 bits per heavy atom. The summed E-state index contributed by atoms with van der Waals surface area (Å²) in [5.74, 6) is 1.57. The molecule has 0 atom stereocenters. The summed E-state index contributed by atoms with van der Waals surface area (Å²) in [7, 11) is 0. The Bertz CT molecular complexity index is 908. The van der Waals surface area contributed by atoms with E-state index in [-0.39, 0.29) is 5.91 Å². The number of aryl methyl sites for hydroxylation is 1. The van der Waals surface area contributed by atoms with Crippen molar-refractivity contribution < 1.29 is 4.79 Å². The van der Waals surface area contributed by atoms with E-state index in [0.717, 1.165) is 68.0 Å². The summed E-state index contributed by atoms with van der Waals surface area (Å²) in [5, 5.41) is 7.05. The van der Waals surface area contributed by atoms with Crippen LogP contribution in [0.4, 0.5) is 0 Å². The quantitative estimate of drug-likeness (QED) is 0.715. The van der Waals surface area contributed by atoms with Crippen LogP contribution in [0.3, 0.4) is 0 Å². The molecule has 1 amide bonds. The third kappa shape index (κ3) is 3.83. The predicted molar refractivity (Wildman–Crippen MR) is 106 cm³/mol. The van der Waals surface area contributed by atoms with Crippen LogP contribution >= 0.6 is 0 Å². The predicted octanol–water partition coefficient (Wildman–Crippen LogP) is 3.02. The van der Waals surface area contributed by atoms with Crippen molar-refractivity contribution in [2.75, 3.05) is 13.1 Å². The van der Waals surface area contributed by atoms with Gasteiger partial charge >= 0.3 is 0 Å². The van der Waals surface area contributed by atoms with E-state index in [0.29, 0.717) is 5.92 Å². The number of nitrogens with one attached hydrogen (secondary N) is 1. The van der Waals surface area contributed by atoms with Crippen molar-refractivity contribution >= 4 is 5.91 Å². The number of nitrogens with zero attached hydrogens (tertiary/aromatic N) is 5. The molecule has 0 aliphatic carbocycles. The monoisotopic (exact) mass is 378 g/mol. The van der Waals surface area contributed by atoms with E-state index >= 15 is 0 Å². The van der Waals surface area contributed by atoms with Gasteiger partial charge in [0, 0.05) is 49.5 Å². The van der Waals surface area contributed by atoms with Crippen molar-refractivity contribution in [1.29, 1.82) is 0 Å². The SMILES string of the molecule is CCCc1[nH]ncc1C(=O)N1CCC(c2nccn2Cc2cccnc2)CC1. The van der Waals surface area contributed by atoms with Crippen molar-refractivity contribution in [2.24, 2.45) is 0 Å². The summed E-state index contributed by atoms with van der Waals surface area (Å²) < 4.78 is 2.20. The normalized spacial score (nSPS) is 15.1. The Kier molecular flexibility index (Phi) is 5.50. The standard InChI is InChI=1S/C21H26N6O/c1-2-4-19-18(14-24-25-19)21(28)26-10-6-17(7-11-26)20-23-9-12-27(20)15-16-5-3-8-22-13-16/h3,5,8-9,12-14,17H,2,4,6-7,10-11,15H2,1H3,(H,24,25). The van der Waals surface area contributed by atoms with Crippen LogP contribution in [0.1, 0.15) is 59.5 Å². The molecule has 7 heteroatoms. The molecule has 28 heavy (non-hydrogen) atoms. The Balaban J connectivity index is 1.40. The average Bonchev–Trinajstić information content (AvgIpc) is 3.38. The molecule has 1 saturated heterocycles. The van der Waals surface area contributed by atoms with Crippen LogP contribution in [0.25, 0.3) is 0 Å². The van der Waals surface area contributed by atoms with Gasteiger partial charge in [-0.25, -0.2) is 4.98 Å². The van der Waals surface area contributed by atoms with Gasteiger partial charge < -0.3 is 9.47 Å². The molecule has 4 rings (SSSR count). The Morgan fingerprint density at radius 3 is 2.86 bits per heavy atom. The second kappa shape index (κ2) is 8.37. The third-order valence-corrected chi connectivity index (χ3v) is 5.42. The molecule has 1 aliphatic rings. The minimum atomic E-state index is 0.0920. The number of imidazole rings is 1. The number of H-pyrrole nitrogens is 1. The molecule has 146 valence electrons. The van der Waals surface area contributed by atoms with E-state index in [2.05, 4.69) is 37.7 Å². The van der Waals surface area contributed by atoms with Gasteiger partial charge in [0.2, 0.25) is 0 Å². The number of piperidine rings is 1. The Labute approximate surface area is 164 Å². The summed E-state index contributed by atoms with van der Waals surface area (Å²) in [4.78, 5) is 23.7. The second-order valence-corrected chi connectivity index (χ2v) is 7.35. The molecule has 7 nitrogen and oxygen atoms in total. The van der Waals surface area contributed by atoms with E-state index in [1.165, 1.54) is 0 Å². The number of likely N-dealkylation sites (tertiary alicyclic amines) is 1. The highest BCUT2D eigenvalue weighted by molar-refractivity contribution is 5.95. The lowest BCUT2D eigenvalue weighted by atomic mass is 9.95. The van der Waals surface area contributed by atoms with Gasteiger partial charge in [-0.3, -0.25) is 14.9 Å². The van der Waals surface area contributed by atoms with Crippen LogP contribution in [0.2, 0.25) is 0 Å². The number of carbonyl (C=O) groups excluding carboxylic acids is 1. The van der Waals surface area contributed by atoms with Crippen molar-refractivity contribution in [3.8, 4) is 0 Å². The fourth-order valence-electron chi connectivity index (χ4n) is 3.95. The largest absolute Gasteiger partial charge is 0.338 e. The molecule has 0 aromatic carbocycles. The van der Waals surface area contributed by atoms with E-state index in [1.807, 2.05) is 29.6 Å². The van der Waals surface area contributed by atoms with Gasteiger partial charge in [-0.15, -0.1) is 0 Å². The number of hydrogen-bond donors (Lipinski definition) is 1. The molecule has 0 saturated carbocycles. The van der Waals surface area contributed by atoms with Gasteiger partial charge in [0.25, 0.3) is 5.91 Å². The van der Waals surface area contributed by atoms with Crippen molar-refractivity contribution in [3.63, 3.8) is 0 Å². The third-order valence-electron chi connectivity index (χ3n) is 5.42. The number of aromatic amines is 1. The Hall–Kier alpha value is -2.96. The molecular formula is C21H26N6O. The van der Waals surface area contributed by atoms with Gasteiger partial charge in [-0.05, 0) is 30.9 Å². The highest BCUT2D eigenvalue weighted by Crippen LogP contribution is 2.28. The average molecular weight is 378 g/mol. The molecule has 0 radical (unpaired) electrons. The van der Waals surface area contributed by atoms with Gasteiger partial charge in [0.1, 0.15) is 5.82 Å². The molecular weight excluding hydrogens is 352 g/mol. The number of aromatic nitrogens is 5. The van der Waals surface area contributed by atoms with Gasteiger partial charge in [0.15, 0.2) is 0 Å². The molecule has 0 bridgehead atoms. The van der Waals surface area contributed by atoms with Crippen LogP contribution in [-0.2, 0) is 13.0 Å². The maximum Gasteiger partial charge on any atom is 0.257 e. The first-order valence-corrected chi connectivity index (χ1v) is 9.97. The van der Waals surface area contributed by atoms with Crippen molar-refractivity contribution in [3.05, 3.63) is 65.8 Å². The molecule has 3 aromatic heterocycles. The first kappa shape index (κ1) is 18.4. The topological polar surface area (TPSA) is 79.7 Å². The summed E-state index contributed by atoms with van der Waals surface area (Å²) in [6.45, 7) is 4.38. The number of hydrogen-bond acceptors (Lipinski definition) is 4. The van der Waals surface area contributed by atoms with E-state index in [9.17, 15) is 4.79 Å². The number of amides is 1. The summed E-state index contributed by atoms with van der Waals surface area (Å²) in [6.07, 6.45) is 12.9. The molecule has 4 heterocycles. The number of rotatable bonds is 6.